The molecule has 1 aliphatic heterocycles. The summed E-state index contributed by atoms with van der Waals surface area (Å²) in [6.45, 7) is 7.82. The summed E-state index contributed by atoms with van der Waals surface area (Å²) >= 11 is 0. The third-order valence-corrected chi connectivity index (χ3v) is 5.94. The Kier molecular flexibility index (Phi) is 5.81. The molecule has 174 valence electrons. The number of aryl methyl sites for hydroxylation is 1. The Morgan fingerprint density at radius 1 is 1.03 bits per heavy atom. The van der Waals surface area contributed by atoms with Crippen LogP contribution in [-0.2, 0) is 15.0 Å². The van der Waals surface area contributed by atoms with E-state index in [0.717, 1.165) is 28.7 Å². The number of pyridine rings is 1. The zero-order valence-corrected chi connectivity index (χ0v) is 19.3. The summed E-state index contributed by atoms with van der Waals surface area (Å²) in [5.41, 5.74) is 1.34. The lowest BCUT2D eigenvalue weighted by atomic mass is 9.84. The molecule has 7 heteroatoms. The molecule has 3 aromatic rings. The summed E-state index contributed by atoms with van der Waals surface area (Å²) in [7, 11) is 0. The molecule has 1 aliphatic rings. The van der Waals surface area contributed by atoms with Gasteiger partial charge < -0.3 is 5.11 Å². The molecule has 0 radical (unpaired) electrons. The van der Waals surface area contributed by atoms with Gasteiger partial charge in [0.05, 0.1) is 17.0 Å². The van der Waals surface area contributed by atoms with Crippen LogP contribution in [0.4, 0.5) is 14.5 Å². The molecule has 1 fully saturated rings. The highest BCUT2D eigenvalue weighted by Gasteiger charge is 2.48. The monoisotopic (exact) mass is 462 g/mol. The fraction of sp³-hybridized carbons (Fsp3) is 0.222. The summed E-state index contributed by atoms with van der Waals surface area (Å²) < 4.78 is 28.8. The average Bonchev–Trinajstić information content (AvgIpc) is 3.05. The number of rotatable bonds is 3. The number of anilines is 1. The summed E-state index contributed by atoms with van der Waals surface area (Å²) in [6, 6.07) is 11.8. The van der Waals surface area contributed by atoms with Gasteiger partial charge in [-0.3, -0.25) is 19.5 Å². The zero-order valence-electron chi connectivity index (χ0n) is 19.3. The normalized spacial score (nSPS) is 17.9. The van der Waals surface area contributed by atoms with Gasteiger partial charge in [-0.25, -0.2) is 8.78 Å². The molecule has 0 bridgehead atoms. The smallest absolute Gasteiger partial charge is 0.300 e. The number of benzene rings is 2. The second-order valence-electron chi connectivity index (χ2n) is 9.30. The van der Waals surface area contributed by atoms with Gasteiger partial charge in [0.15, 0.2) is 0 Å². The molecule has 2 heterocycles. The van der Waals surface area contributed by atoms with Crippen molar-refractivity contribution in [3.63, 3.8) is 0 Å². The van der Waals surface area contributed by atoms with Gasteiger partial charge in [0, 0.05) is 17.8 Å². The van der Waals surface area contributed by atoms with Gasteiger partial charge >= 0.3 is 0 Å². The van der Waals surface area contributed by atoms with Gasteiger partial charge in [0.25, 0.3) is 11.7 Å². The van der Waals surface area contributed by atoms with Crippen LogP contribution < -0.4 is 4.90 Å². The van der Waals surface area contributed by atoms with Gasteiger partial charge in [-0.15, -0.1) is 0 Å². The summed E-state index contributed by atoms with van der Waals surface area (Å²) in [5, 5.41) is 11.4. The first-order valence-electron chi connectivity index (χ1n) is 10.8. The van der Waals surface area contributed by atoms with Crippen molar-refractivity contribution in [1.29, 1.82) is 0 Å². The van der Waals surface area contributed by atoms with Gasteiger partial charge in [-0.2, -0.15) is 0 Å². The molecule has 1 aromatic heterocycles. The van der Waals surface area contributed by atoms with E-state index in [1.54, 1.807) is 31.2 Å². The second kappa shape index (κ2) is 8.48. The third kappa shape index (κ3) is 3.98. The number of aliphatic hydroxyl groups is 1. The fourth-order valence-corrected chi connectivity index (χ4v) is 4.06. The molecular weight excluding hydrogens is 438 g/mol. The van der Waals surface area contributed by atoms with Crippen molar-refractivity contribution in [2.75, 3.05) is 4.90 Å². The predicted molar refractivity (Wildman–Crippen MR) is 125 cm³/mol. The van der Waals surface area contributed by atoms with Crippen molar-refractivity contribution >= 4 is 23.1 Å². The van der Waals surface area contributed by atoms with Crippen molar-refractivity contribution < 1.29 is 23.5 Å². The topological polar surface area (TPSA) is 70.5 Å². The van der Waals surface area contributed by atoms with E-state index in [1.165, 1.54) is 6.20 Å². The molecule has 1 unspecified atom stereocenters. The van der Waals surface area contributed by atoms with E-state index in [0.29, 0.717) is 11.1 Å². The number of amides is 1. The molecule has 4 rings (SSSR count). The van der Waals surface area contributed by atoms with Crippen molar-refractivity contribution in [3.05, 3.63) is 100 Å². The molecule has 1 amide bonds. The predicted octanol–water partition coefficient (Wildman–Crippen LogP) is 5.59. The van der Waals surface area contributed by atoms with E-state index in [1.807, 2.05) is 32.9 Å². The van der Waals surface area contributed by atoms with E-state index in [9.17, 15) is 23.5 Å². The number of nitrogens with zero attached hydrogens (tertiary/aromatic N) is 2. The van der Waals surface area contributed by atoms with Crippen LogP contribution in [0.5, 0.6) is 0 Å². The number of ketones is 1. The minimum atomic E-state index is -1.24. The average molecular weight is 462 g/mol. The summed E-state index contributed by atoms with van der Waals surface area (Å²) in [5.74, 6) is -4.12. The standard InChI is InChI=1S/C27H24F2N2O3/c1-15-8-9-16(27(2,3)4)13-18(15)24(32)22-23(20-7-5-6-12-30-20)31(26(34)25(22)33)21-14-17(28)10-11-19(21)29/h5-14,23,32H,1-4H3/b24-22+. The lowest BCUT2D eigenvalue weighted by molar-refractivity contribution is -0.132. The zero-order chi connectivity index (χ0) is 24.8. The molecule has 0 spiro atoms. The van der Waals surface area contributed by atoms with Crippen LogP contribution in [0.2, 0.25) is 0 Å². The first-order chi connectivity index (χ1) is 16.0. The molecule has 1 saturated heterocycles. The Bertz CT molecular complexity index is 1330. The Morgan fingerprint density at radius 3 is 2.41 bits per heavy atom. The molecule has 1 N–H and O–H groups in total. The van der Waals surface area contributed by atoms with Crippen LogP contribution in [0.3, 0.4) is 0 Å². The van der Waals surface area contributed by atoms with Crippen LogP contribution in [0, 0.1) is 18.6 Å². The molecule has 5 nitrogen and oxygen atoms in total. The van der Waals surface area contributed by atoms with Gasteiger partial charge in [-0.1, -0.05) is 39.0 Å². The molecule has 34 heavy (non-hydrogen) atoms. The van der Waals surface area contributed by atoms with E-state index in [-0.39, 0.29) is 16.7 Å². The van der Waals surface area contributed by atoms with Crippen molar-refractivity contribution in [3.8, 4) is 0 Å². The third-order valence-electron chi connectivity index (χ3n) is 5.94. The quantitative estimate of drug-likeness (QED) is 0.313. The van der Waals surface area contributed by atoms with E-state index in [2.05, 4.69) is 4.98 Å². The molecule has 0 aliphatic carbocycles. The number of hydrogen-bond donors (Lipinski definition) is 1. The van der Waals surface area contributed by atoms with E-state index >= 15 is 0 Å². The number of carbonyl (C=O) groups excluding carboxylic acids is 2. The van der Waals surface area contributed by atoms with Crippen molar-refractivity contribution in [2.45, 2.75) is 39.2 Å². The Labute approximate surface area is 196 Å². The van der Waals surface area contributed by atoms with Crippen LogP contribution in [0.15, 0.2) is 66.4 Å². The minimum absolute atomic E-state index is 0.233. The maximum atomic E-state index is 14.7. The highest BCUT2D eigenvalue weighted by Crippen LogP contribution is 2.43. The molecule has 1 atom stereocenters. The first-order valence-corrected chi connectivity index (χ1v) is 10.8. The Morgan fingerprint density at radius 2 is 1.76 bits per heavy atom. The maximum Gasteiger partial charge on any atom is 0.300 e. The van der Waals surface area contributed by atoms with Gasteiger partial charge in [-0.05, 0) is 53.8 Å². The Balaban J connectivity index is 2.00. The van der Waals surface area contributed by atoms with Crippen molar-refractivity contribution in [1.82, 2.24) is 4.98 Å². The Hall–Kier alpha value is -3.87. The molecule has 0 saturated carbocycles. The van der Waals surface area contributed by atoms with Crippen LogP contribution in [0.1, 0.15) is 49.2 Å². The lowest BCUT2D eigenvalue weighted by Gasteiger charge is -2.25. The second-order valence-corrected chi connectivity index (χ2v) is 9.30. The number of aromatic nitrogens is 1. The fourth-order valence-electron chi connectivity index (χ4n) is 4.06. The lowest BCUT2D eigenvalue weighted by Crippen LogP contribution is -2.30. The van der Waals surface area contributed by atoms with Crippen LogP contribution in [0.25, 0.3) is 5.76 Å². The van der Waals surface area contributed by atoms with Gasteiger partial charge in [0.2, 0.25) is 0 Å². The minimum Gasteiger partial charge on any atom is -0.507 e. The first kappa shape index (κ1) is 23.3. The molecular formula is C27H24F2N2O3. The number of Topliss-reactive ketones (excluding diaryl/α,β-unsaturated/α-hetero) is 1. The van der Waals surface area contributed by atoms with Gasteiger partial charge in [0.1, 0.15) is 23.4 Å². The van der Waals surface area contributed by atoms with E-state index in [4.69, 9.17) is 0 Å². The number of halogens is 2. The highest BCUT2D eigenvalue weighted by atomic mass is 19.1. The largest absolute Gasteiger partial charge is 0.507 e. The summed E-state index contributed by atoms with van der Waals surface area (Å²) in [4.78, 5) is 31.5. The number of aliphatic hydroxyl groups excluding tert-OH is 1. The van der Waals surface area contributed by atoms with Crippen molar-refractivity contribution in [2.24, 2.45) is 0 Å². The van der Waals surface area contributed by atoms with Crippen LogP contribution in [-0.4, -0.2) is 21.8 Å². The number of hydrogen-bond acceptors (Lipinski definition) is 4. The number of carbonyl (C=O) groups is 2. The maximum absolute atomic E-state index is 14.7. The summed E-state index contributed by atoms with van der Waals surface area (Å²) in [6.07, 6.45) is 1.46. The SMILES string of the molecule is Cc1ccc(C(C)(C)C)cc1/C(O)=C1\C(=O)C(=O)N(c2cc(F)ccc2F)C1c1ccccn1. The van der Waals surface area contributed by atoms with E-state index < -0.39 is 40.8 Å². The molecule has 2 aromatic carbocycles. The van der Waals surface area contributed by atoms with Crippen LogP contribution >= 0.6 is 0 Å². The highest BCUT2D eigenvalue weighted by molar-refractivity contribution is 6.51.